The molecule has 1 aliphatic heterocycles. The molecule has 2 aromatic rings. The normalized spacial score (nSPS) is 17.7. The van der Waals surface area contributed by atoms with Crippen LogP contribution in [0.25, 0.3) is 0 Å². The number of aromatic nitrogens is 1. The highest BCUT2D eigenvalue weighted by Crippen LogP contribution is 2.33. The van der Waals surface area contributed by atoms with Crippen molar-refractivity contribution in [1.29, 1.82) is 0 Å². The smallest absolute Gasteiger partial charge is 0.125 e. The lowest BCUT2D eigenvalue weighted by Crippen LogP contribution is -2.23. The van der Waals surface area contributed by atoms with E-state index in [0.717, 1.165) is 42.6 Å². The lowest BCUT2D eigenvalue weighted by atomic mass is 10.0. The fraction of sp³-hybridized carbons (Fsp3) is 0.353. The average molecular weight is 347 g/mol. The highest BCUT2D eigenvalue weighted by molar-refractivity contribution is 9.10. The first-order valence-corrected chi connectivity index (χ1v) is 8.17. The maximum Gasteiger partial charge on any atom is 0.125 e. The van der Waals surface area contributed by atoms with Crippen molar-refractivity contribution >= 4 is 15.9 Å². The number of pyridine rings is 1. The molecule has 1 N–H and O–H groups in total. The molecule has 0 amide bonds. The minimum Gasteiger partial charge on any atom is -0.493 e. The van der Waals surface area contributed by atoms with E-state index in [1.165, 1.54) is 11.1 Å². The number of rotatable bonds is 4. The highest BCUT2D eigenvalue weighted by atomic mass is 79.9. The third-order valence-electron chi connectivity index (χ3n) is 3.80. The number of halogens is 1. The lowest BCUT2D eigenvalue weighted by molar-refractivity contribution is 0.315. The molecule has 0 aliphatic carbocycles. The standard InChI is InChI=1S/C17H19BrN2O/c18-14-3-4-15-16(2-1-11-21-17(15)12-14)20-10-7-13-5-8-19-9-6-13/h3-6,8-9,12,16,20H,1-2,7,10-11H2. The number of hydrogen-bond acceptors (Lipinski definition) is 3. The minimum atomic E-state index is 0.373. The van der Waals surface area contributed by atoms with Crippen molar-refractivity contribution in [2.45, 2.75) is 25.3 Å². The van der Waals surface area contributed by atoms with Crippen LogP contribution >= 0.6 is 15.9 Å². The van der Waals surface area contributed by atoms with Gasteiger partial charge in [-0.1, -0.05) is 22.0 Å². The predicted octanol–water partition coefficient (Wildman–Crippen LogP) is 3.89. The van der Waals surface area contributed by atoms with Crippen LogP contribution in [-0.4, -0.2) is 18.1 Å². The summed E-state index contributed by atoms with van der Waals surface area (Å²) in [5.41, 5.74) is 2.59. The summed E-state index contributed by atoms with van der Waals surface area (Å²) in [5, 5.41) is 3.67. The molecule has 1 aromatic heterocycles. The molecule has 4 heteroatoms. The van der Waals surface area contributed by atoms with Crippen LogP contribution in [0.2, 0.25) is 0 Å². The Kier molecular flexibility index (Phi) is 4.88. The molecule has 0 saturated carbocycles. The molecule has 1 aromatic carbocycles. The van der Waals surface area contributed by atoms with E-state index in [4.69, 9.17) is 4.74 Å². The van der Waals surface area contributed by atoms with Crippen LogP contribution in [0.15, 0.2) is 47.2 Å². The van der Waals surface area contributed by atoms with Crippen molar-refractivity contribution in [2.75, 3.05) is 13.2 Å². The highest BCUT2D eigenvalue weighted by Gasteiger charge is 2.19. The topological polar surface area (TPSA) is 34.1 Å². The second-order valence-electron chi connectivity index (χ2n) is 5.29. The van der Waals surface area contributed by atoms with Crippen LogP contribution < -0.4 is 10.1 Å². The van der Waals surface area contributed by atoms with Crippen LogP contribution in [0.5, 0.6) is 5.75 Å². The maximum absolute atomic E-state index is 5.85. The van der Waals surface area contributed by atoms with E-state index in [9.17, 15) is 0 Å². The Bertz CT molecular complexity index is 589. The van der Waals surface area contributed by atoms with Crippen molar-refractivity contribution in [1.82, 2.24) is 10.3 Å². The van der Waals surface area contributed by atoms with Gasteiger partial charge in [-0.3, -0.25) is 4.98 Å². The molecular weight excluding hydrogens is 328 g/mol. The summed E-state index contributed by atoms with van der Waals surface area (Å²) in [6, 6.07) is 10.8. The van der Waals surface area contributed by atoms with E-state index in [-0.39, 0.29) is 0 Å². The summed E-state index contributed by atoms with van der Waals surface area (Å²) in [6.07, 6.45) is 6.92. The number of nitrogens with one attached hydrogen (secondary N) is 1. The molecule has 0 radical (unpaired) electrons. The Labute approximate surface area is 133 Å². The Morgan fingerprint density at radius 2 is 2.10 bits per heavy atom. The second kappa shape index (κ2) is 7.05. The largest absolute Gasteiger partial charge is 0.493 e. The first-order chi connectivity index (χ1) is 10.3. The predicted molar refractivity (Wildman–Crippen MR) is 87.6 cm³/mol. The Morgan fingerprint density at radius 3 is 2.95 bits per heavy atom. The molecule has 0 saturated heterocycles. The Hall–Kier alpha value is -1.39. The van der Waals surface area contributed by atoms with Gasteiger partial charge in [0, 0.05) is 28.5 Å². The number of fused-ring (bicyclic) bond motifs is 1. The zero-order chi connectivity index (χ0) is 14.5. The van der Waals surface area contributed by atoms with Gasteiger partial charge in [0.25, 0.3) is 0 Å². The first-order valence-electron chi connectivity index (χ1n) is 7.37. The van der Waals surface area contributed by atoms with E-state index < -0.39 is 0 Å². The van der Waals surface area contributed by atoms with Gasteiger partial charge in [-0.15, -0.1) is 0 Å². The summed E-state index contributed by atoms with van der Waals surface area (Å²) in [7, 11) is 0. The van der Waals surface area contributed by atoms with E-state index in [1.54, 1.807) is 0 Å². The van der Waals surface area contributed by atoms with Gasteiger partial charge in [-0.2, -0.15) is 0 Å². The van der Waals surface area contributed by atoms with Crippen LogP contribution in [0, 0.1) is 0 Å². The quantitative estimate of drug-likeness (QED) is 0.911. The molecule has 0 spiro atoms. The molecule has 0 bridgehead atoms. The van der Waals surface area contributed by atoms with Crippen molar-refractivity contribution in [3.05, 3.63) is 58.3 Å². The molecule has 2 heterocycles. The van der Waals surface area contributed by atoms with Gasteiger partial charge in [-0.25, -0.2) is 0 Å². The molecule has 21 heavy (non-hydrogen) atoms. The fourth-order valence-corrected chi connectivity index (χ4v) is 3.04. The van der Waals surface area contributed by atoms with Crippen molar-refractivity contribution in [3.63, 3.8) is 0 Å². The molecule has 1 atom stereocenters. The Balaban J connectivity index is 1.65. The van der Waals surface area contributed by atoms with Gasteiger partial charge >= 0.3 is 0 Å². The van der Waals surface area contributed by atoms with Gasteiger partial charge < -0.3 is 10.1 Å². The van der Waals surface area contributed by atoms with E-state index in [2.05, 4.69) is 56.6 Å². The monoisotopic (exact) mass is 346 g/mol. The third kappa shape index (κ3) is 3.83. The fourth-order valence-electron chi connectivity index (χ4n) is 2.70. The number of hydrogen-bond donors (Lipinski definition) is 1. The molecule has 3 nitrogen and oxygen atoms in total. The molecule has 3 rings (SSSR count). The van der Waals surface area contributed by atoms with Crippen molar-refractivity contribution < 1.29 is 4.74 Å². The minimum absolute atomic E-state index is 0.373. The number of benzene rings is 1. The third-order valence-corrected chi connectivity index (χ3v) is 4.29. The molecular formula is C17H19BrN2O. The number of nitrogens with zero attached hydrogens (tertiary/aromatic N) is 1. The maximum atomic E-state index is 5.85. The zero-order valence-electron chi connectivity index (χ0n) is 11.9. The van der Waals surface area contributed by atoms with Gasteiger partial charge in [-0.05, 0) is 55.6 Å². The van der Waals surface area contributed by atoms with Crippen LogP contribution in [0.3, 0.4) is 0 Å². The summed E-state index contributed by atoms with van der Waals surface area (Å²) >= 11 is 3.51. The second-order valence-corrected chi connectivity index (χ2v) is 6.20. The van der Waals surface area contributed by atoms with Crippen LogP contribution in [-0.2, 0) is 6.42 Å². The molecule has 110 valence electrons. The van der Waals surface area contributed by atoms with Gasteiger partial charge in [0.2, 0.25) is 0 Å². The van der Waals surface area contributed by atoms with Crippen molar-refractivity contribution in [2.24, 2.45) is 0 Å². The van der Waals surface area contributed by atoms with Crippen LogP contribution in [0.4, 0.5) is 0 Å². The summed E-state index contributed by atoms with van der Waals surface area (Å²) in [4.78, 5) is 4.05. The summed E-state index contributed by atoms with van der Waals surface area (Å²) in [6.45, 7) is 1.76. The van der Waals surface area contributed by atoms with E-state index >= 15 is 0 Å². The van der Waals surface area contributed by atoms with Gasteiger partial charge in [0.15, 0.2) is 0 Å². The van der Waals surface area contributed by atoms with E-state index in [1.807, 2.05) is 12.4 Å². The van der Waals surface area contributed by atoms with Gasteiger partial charge in [0.1, 0.15) is 5.75 Å². The molecule has 0 fully saturated rings. The van der Waals surface area contributed by atoms with Gasteiger partial charge in [0.05, 0.1) is 6.61 Å². The number of ether oxygens (including phenoxy) is 1. The Morgan fingerprint density at radius 1 is 1.24 bits per heavy atom. The summed E-state index contributed by atoms with van der Waals surface area (Å²) < 4.78 is 6.91. The van der Waals surface area contributed by atoms with Crippen molar-refractivity contribution in [3.8, 4) is 5.75 Å². The summed E-state index contributed by atoms with van der Waals surface area (Å²) in [5.74, 6) is 1.00. The average Bonchev–Trinajstić information content (AvgIpc) is 2.70. The SMILES string of the molecule is Brc1ccc2c(c1)OCCCC2NCCc1ccncc1. The van der Waals surface area contributed by atoms with E-state index in [0.29, 0.717) is 6.04 Å². The van der Waals surface area contributed by atoms with Crippen LogP contribution in [0.1, 0.15) is 30.0 Å². The molecule has 1 unspecified atom stereocenters. The zero-order valence-corrected chi connectivity index (χ0v) is 13.5. The lowest BCUT2D eigenvalue weighted by Gasteiger charge is -2.18. The molecule has 1 aliphatic rings. The first kappa shape index (κ1) is 14.5.